The van der Waals surface area contributed by atoms with Gasteiger partial charge in [0.2, 0.25) is 5.91 Å². The van der Waals surface area contributed by atoms with Gasteiger partial charge in [-0.1, -0.05) is 6.07 Å². The van der Waals surface area contributed by atoms with E-state index >= 15 is 0 Å². The minimum absolute atomic E-state index is 0.0556. The summed E-state index contributed by atoms with van der Waals surface area (Å²) in [5.74, 6) is -0.944. The molecule has 1 aromatic carbocycles. The Kier molecular flexibility index (Phi) is 5.41. The lowest BCUT2D eigenvalue weighted by Crippen LogP contribution is -2.47. The number of fused-ring (bicyclic) bond motifs is 1. The first-order valence-electron chi connectivity index (χ1n) is 8.59. The molecule has 2 heterocycles. The normalized spacial score (nSPS) is 23.7. The Morgan fingerprint density at radius 3 is 2.89 bits per heavy atom. The predicted octanol–water partition coefficient (Wildman–Crippen LogP) is 0.982. The molecule has 0 aliphatic carbocycles. The minimum atomic E-state index is -0.653. The van der Waals surface area contributed by atoms with Crippen LogP contribution in [0.3, 0.4) is 0 Å². The van der Waals surface area contributed by atoms with Gasteiger partial charge in [-0.25, -0.2) is 4.79 Å². The van der Waals surface area contributed by atoms with E-state index in [0.29, 0.717) is 29.8 Å². The van der Waals surface area contributed by atoms with Crippen LogP contribution in [0.25, 0.3) is 0 Å². The first kappa shape index (κ1) is 19.2. The fourth-order valence-corrected chi connectivity index (χ4v) is 4.72. The number of nitrogens with zero attached hydrogens (tertiary/aromatic N) is 1. The number of carbonyl (C=O) groups excluding carboxylic acids is 4. The number of benzene rings is 1. The lowest BCUT2D eigenvalue weighted by Gasteiger charge is -2.29. The van der Waals surface area contributed by atoms with Gasteiger partial charge in [0.25, 0.3) is 11.8 Å². The maximum atomic E-state index is 12.4. The van der Waals surface area contributed by atoms with E-state index in [0.717, 1.165) is 0 Å². The summed E-state index contributed by atoms with van der Waals surface area (Å²) in [5.41, 5.74) is 0.831. The second kappa shape index (κ2) is 7.59. The fraction of sp³-hybridized carbons (Fsp3) is 0.444. The molecule has 0 unspecified atom stereocenters. The number of hydrogen-bond donors (Lipinski definition) is 2. The van der Waals surface area contributed by atoms with Crippen LogP contribution < -0.4 is 10.6 Å². The average molecular weight is 391 g/mol. The Hall–Kier alpha value is -2.55. The number of rotatable bonds is 5. The van der Waals surface area contributed by atoms with Gasteiger partial charge in [-0.3, -0.25) is 14.4 Å². The lowest BCUT2D eigenvalue weighted by atomic mass is 10.2. The molecule has 2 saturated heterocycles. The highest BCUT2D eigenvalue weighted by atomic mass is 32.2. The van der Waals surface area contributed by atoms with Crippen LogP contribution in [0.5, 0.6) is 0 Å². The van der Waals surface area contributed by atoms with Crippen LogP contribution in [0.15, 0.2) is 24.3 Å². The van der Waals surface area contributed by atoms with Crippen LogP contribution in [0.4, 0.5) is 5.69 Å². The highest BCUT2D eigenvalue weighted by Gasteiger charge is 2.53. The van der Waals surface area contributed by atoms with E-state index in [1.807, 2.05) is 6.92 Å². The molecular weight excluding hydrogens is 370 g/mol. The first-order chi connectivity index (χ1) is 12.8. The van der Waals surface area contributed by atoms with Gasteiger partial charge in [0.15, 0.2) is 6.61 Å². The maximum Gasteiger partial charge on any atom is 0.330 e. The van der Waals surface area contributed by atoms with Crippen molar-refractivity contribution in [2.45, 2.75) is 30.7 Å². The van der Waals surface area contributed by atoms with Crippen LogP contribution in [0.2, 0.25) is 0 Å². The largest absolute Gasteiger partial charge is 0.454 e. The molecule has 2 atom stereocenters. The zero-order valence-corrected chi connectivity index (χ0v) is 15.9. The van der Waals surface area contributed by atoms with Crippen molar-refractivity contribution in [1.82, 2.24) is 10.2 Å². The number of carbonyl (C=O) groups is 4. The van der Waals surface area contributed by atoms with Crippen molar-refractivity contribution in [3.8, 4) is 0 Å². The van der Waals surface area contributed by atoms with E-state index in [-0.39, 0.29) is 16.7 Å². The third-order valence-corrected chi connectivity index (χ3v) is 6.20. The topological polar surface area (TPSA) is 105 Å². The summed E-state index contributed by atoms with van der Waals surface area (Å²) in [7, 11) is 1.52. The molecule has 3 amide bonds. The Morgan fingerprint density at radius 2 is 2.15 bits per heavy atom. The number of nitrogens with one attached hydrogen (secondary N) is 2. The van der Waals surface area contributed by atoms with E-state index in [4.69, 9.17) is 4.74 Å². The van der Waals surface area contributed by atoms with E-state index < -0.39 is 24.5 Å². The summed E-state index contributed by atoms with van der Waals surface area (Å²) in [6.45, 7) is 1.49. The summed E-state index contributed by atoms with van der Waals surface area (Å²) in [5, 5.41) is 5.09. The van der Waals surface area contributed by atoms with Gasteiger partial charge < -0.3 is 20.3 Å². The number of anilines is 1. The molecule has 2 fully saturated rings. The van der Waals surface area contributed by atoms with Gasteiger partial charge in [0.05, 0.1) is 4.87 Å². The predicted molar refractivity (Wildman–Crippen MR) is 100 cm³/mol. The molecule has 1 aromatic rings. The zero-order valence-electron chi connectivity index (χ0n) is 15.1. The number of esters is 1. The van der Waals surface area contributed by atoms with Gasteiger partial charge in [-0.05, 0) is 31.5 Å². The van der Waals surface area contributed by atoms with E-state index in [1.54, 1.807) is 34.9 Å². The molecule has 0 bridgehead atoms. The summed E-state index contributed by atoms with van der Waals surface area (Å²) in [4.78, 5) is 49.3. The van der Waals surface area contributed by atoms with Crippen molar-refractivity contribution in [3.63, 3.8) is 0 Å². The number of thioether (sulfide) groups is 1. The van der Waals surface area contributed by atoms with E-state index in [1.165, 1.54) is 13.1 Å². The van der Waals surface area contributed by atoms with Crippen molar-refractivity contribution in [1.29, 1.82) is 0 Å². The second-order valence-electron chi connectivity index (χ2n) is 6.58. The first-order valence-corrected chi connectivity index (χ1v) is 9.57. The smallest absolute Gasteiger partial charge is 0.330 e. The fourth-order valence-electron chi connectivity index (χ4n) is 3.31. The molecular formula is C18H21N3O5S. The Balaban J connectivity index is 1.54. The lowest BCUT2D eigenvalue weighted by molar-refractivity contribution is -0.155. The highest BCUT2D eigenvalue weighted by Crippen LogP contribution is 2.47. The molecule has 0 radical (unpaired) electrons. The van der Waals surface area contributed by atoms with Crippen LogP contribution >= 0.6 is 11.8 Å². The molecule has 144 valence electrons. The molecule has 0 aromatic heterocycles. The van der Waals surface area contributed by atoms with Gasteiger partial charge in [-0.15, -0.1) is 11.8 Å². The summed E-state index contributed by atoms with van der Waals surface area (Å²) in [6.07, 6.45) is 1.14. The molecule has 27 heavy (non-hydrogen) atoms. The highest BCUT2D eigenvalue weighted by molar-refractivity contribution is 8.01. The summed E-state index contributed by atoms with van der Waals surface area (Å²) >= 11 is 1.56. The standard InChI is InChI=1S/C18H21N3O5S/c1-18-7-6-15(23)21(18)13(10-27-18)17(25)26-9-14(22)20-12-5-3-4-11(8-12)16(24)19-2/h3-5,8,13H,6-7,9-10H2,1-2H3,(H,19,24)(H,20,22)/t13-,18-/m0/s1. The van der Waals surface area contributed by atoms with Gasteiger partial charge in [-0.2, -0.15) is 0 Å². The Bertz CT molecular complexity index is 799. The average Bonchev–Trinajstić information content (AvgIpc) is 3.15. The second-order valence-corrected chi connectivity index (χ2v) is 8.08. The van der Waals surface area contributed by atoms with Gasteiger partial charge in [0.1, 0.15) is 6.04 Å². The van der Waals surface area contributed by atoms with Crippen LogP contribution in [-0.2, 0) is 19.1 Å². The van der Waals surface area contributed by atoms with Crippen LogP contribution in [0, 0.1) is 0 Å². The van der Waals surface area contributed by atoms with Gasteiger partial charge >= 0.3 is 5.97 Å². The molecule has 8 nitrogen and oxygen atoms in total. The van der Waals surface area contributed by atoms with Crippen molar-refractivity contribution in [2.24, 2.45) is 0 Å². The van der Waals surface area contributed by atoms with Crippen molar-refractivity contribution < 1.29 is 23.9 Å². The summed E-state index contributed by atoms with van der Waals surface area (Å²) in [6, 6.07) is 5.77. The SMILES string of the molecule is CNC(=O)c1cccc(NC(=O)COC(=O)[C@@H]2CS[C@@]3(C)CCC(=O)N23)c1. The van der Waals surface area contributed by atoms with Crippen molar-refractivity contribution in [2.75, 3.05) is 24.7 Å². The minimum Gasteiger partial charge on any atom is -0.454 e. The number of amides is 3. The molecule has 3 rings (SSSR count). The summed E-state index contributed by atoms with van der Waals surface area (Å²) < 4.78 is 5.12. The monoisotopic (exact) mass is 391 g/mol. The zero-order chi connectivity index (χ0) is 19.6. The number of ether oxygens (including phenoxy) is 1. The molecule has 9 heteroatoms. The third kappa shape index (κ3) is 3.92. The quantitative estimate of drug-likeness (QED) is 0.725. The van der Waals surface area contributed by atoms with Crippen molar-refractivity contribution in [3.05, 3.63) is 29.8 Å². The van der Waals surface area contributed by atoms with E-state index in [2.05, 4.69) is 10.6 Å². The van der Waals surface area contributed by atoms with E-state index in [9.17, 15) is 19.2 Å². The van der Waals surface area contributed by atoms with Gasteiger partial charge in [0, 0.05) is 30.5 Å². The maximum absolute atomic E-state index is 12.4. The molecule has 2 aliphatic rings. The molecule has 0 spiro atoms. The molecule has 0 saturated carbocycles. The van der Waals surface area contributed by atoms with Crippen LogP contribution in [-0.4, -0.2) is 58.9 Å². The Morgan fingerprint density at radius 1 is 1.37 bits per heavy atom. The Labute approximate surface area is 161 Å². The molecule has 2 N–H and O–H groups in total. The molecule has 2 aliphatic heterocycles. The van der Waals surface area contributed by atoms with Crippen molar-refractivity contribution >= 4 is 41.1 Å². The van der Waals surface area contributed by atoms with Crippen LogP contribution in [0.1, 0.15) is 30.1 Å². The number of hydrogen-bond acceptors (Lipinski definition) is 6. The third-order valence-electron chi connectivity index (χ3n) is 4.70.